The van der Waals surface area contributed by atoms with Crippen molar-refractivity contribution in [2.24, 2.45) is 5.92 Å². The molecule has 0 amide bonds. The van der Waals surface area contributed by atoms with Crippen LogP contribution in [-0.2, 0) is 11.3 Å². The molecule has 3 aromatic heterocycles. The molecule has 1 N–H and O–H groups in total. The largest absolute Gasteiger partial charge is 0.381 e. The second-order valence-corrected chi connectivity index (χ2v) is 9.33. The lowest BCUT2D eigenvalue weighted by Crippen LogP contribution is -2.47. The number of aromatic amines is 1. The number of hydrogen-bond donors (Lipinski definition) is 1. The third kappa shape index (κ3) is 4.95. The van der Waals surface area contributed by atoms with Crippen molar-refractivity contribution in [1.29, 1.82) is 0 Å². The molecule has 0 atom stereocenters. The summed E-state index contributed by atoms with van der Waals surface area (Å²) in [5.74, 6) is 0.807. The zero-order valence-corrected chi connectivity index (χ0v) is 19.2. The third-order valence-electron chi connectivity index (χ3n) is 7.16. The SMILES string of the molecule is COC1CCC(CN2CCN(Cc3ccn4ncc(-n5ccc(=O)[nH]c5=O)c4c3)CC2)CC1. The van der Waals surface area contributed by atoms with Crippen LogP contribution < -0.4 is 11.2 Å². The number of H-pyrrole nitrogens is 1. The van der Waals surface area contributed by atoms with Crippen molar-refractivity contribution >= 4 is 5.52 Å². The van der Waals surface area contributed by atoms with E-state index >= 15 is 0 Å². The number of nitrogens with one attached hydrogen (secondary N) is 1. The van der Waals surface area contributed by atoms with Crippen LogP contribution in [0.4, 0.5) is 0 Å². The van der Waals surface area contributed by atoms with Crippen LogP contribution in [0.1, 0.15) is 31.2 Å². The molecule has 1 aliphatic carbocycles. The van der Waals surface area contributed by atoms with Gasteiger partial charge in [0.25, 0.3) is 5.56 Å². The van der Waals surface area contributed by atoms with Gasteiger partial charge >= 0.3 is 5.69 Å². The Hall–Kier alpha value is -2.75. The van der Waals surface area contributed by atoms with Gasteiger partial charge in [0.1, 0.15) is 0 Å². The molecule has 176 valence electrons. The maximum Gasteiger partial charge on any atom is 0.333 e. The Bertz CT molecular complexity index is 1200. The van der Waals surface area contributed by atoms with Gasteiger partial charge in [0, 0.05) is 64.8 Å². The van der Waals surface area contributed by atoms with E-state index in [4.69, 9.17) is 4.74 Å². The first-order chi connectivity index (χ1) is 16.1. The van der Waals surface area contributed by atoms with Crippen molar-refractivity contribution in [1.82, 2.24) is 29.0 Å². The van der Waals surface area contributed by atoms with Crippen LogP contribution in [0.25, 0.3) is 11.2 Å². The molecular weight excluding hydrogens is 420 g/mol. The second-order valence-electron chi connectivity index (χ2n) is 9.33. The van der Waals surface area contributed by atoms with Gasteiger partial charge in [0.15, 0.2) is 0 Å². The van der Waals surface area contributed by atoms with Gasteiger partial charge < -0.3 is 9.64 Å². The van der Waals surface area contributed by atoms with Crippen LogP contribution in [0.2, 0.25) is 0 Å². The Morgan fingerprint density at radius 1 is 1.03 bits per heavy atom. The molecule has 5 rings (SSSR count). The minimum Gasteiger partial charge on any atom is -0.381 e. The molecule has 2 aliphatic rings. The van der Waals surface area contributed by atoms with Gasteiger partial charge in [0.2, 0.25) is 0 Å². The molecule has 1 aliphatic heterocycles. The zero-order chi connectivity index (χ0) is 22.8. The van der Waals surface area contributed by atoms with E-state index in [2.05, 4.69) is 32.0 Å². The summed E-state index contributed by atoms with van der Waals surface area (Å²) in [4.78, 5) is 31.1. The molecule has 0 bridgehead atoms. The predicted molar refractivity (Wildman–Crippen MR) is 126 cm³/mol. The number of pyridine rings is 1. The molecule has 3 aromatic rings. The Morgan fingerprint density at radius 3 is 2.52 bits per heavy atom. The van der Waals surface area contributed by atoms with Gasteiger partial charge in [-0.25, -0.2) is 9.31 Å². The zero-order valence-electron chi connectivity index (χ0n) is 19.2. The summed E-state index contributed by atoms with van der Waals surface area (Å²) in [5.41, 5.74) is 1.82. The Kier molecular flexibility index (Phi) is 6.43. The van der Waals surface area contributed by atoms with Crippen molar-refractivity contribution in [3.05, 3.63) is 63.2 Å². The normalized spacial score (nSPS) is 22.7. The summed E-state index contributed by atoms with van der Waals surface area (Å²) in [6.45, 7) is 6.42. The van der Waals surface area contributed by atoms with Crippen LogP contribution >= 0.6 is 0 Å². The molecule has 0 aromatic carbocycles. The van der Waals surface area contributed by atoms with Crippen LogP contribution in [0.15, 0.2) is 46.4 Å². The highest BCUT2D eigenvalue weighted by Crippen LogP contribution is 2.27. The van der Waals surface area contributed by atoms with Crippen LogP contribution in [0.5, 0.6) is 0 Å². The first kappa shape index (κ1) is 22.1. The Balaban J connectivity index is 1.21. The highest BCUT2D eigenvalue weighted by atomic mass is 16.5. The smallest absolute Gasteiger partial charge is 0.333 e. The fourth-order valence-electron chi connectivity index (χ4n) is 5.21. The quantitative estimate of drug-likeness (QED) is 0.610. The van der Waals surface area contributed by atoms with E-state index in [1.807, 2.05) is 13.3 Å². The average Bonchev–Trinajstić information content (AvgIpc) is 3.24. The number of nitrogens with zero attached hydrogens (tertiary/aromatic N) is 5. The fraction of sp³-hybridized carbons (Fsp3) is 0.542. The molecule has 0 spiro atoms. The number of hydrogen-bond acceptors (Lipinski definition) is 6. The van der Waals surface area contributed by atoms with Gasteiger partial charge in [-0.2, -0.15) is 5.10 Å². The number of methoxy groups -OCH3 is 1. The number of piperazine rings is 1. The highest BCUT2D eigenvalue weighted by molar-refractivity contribution is 5.64. The van der Waals surface area contributed by atoms with Crippen LogP contribution in [-0.4, -0.2) is 74.9 Å². The van der Waals surface area contributed by atoms with E-state index in [1.165, 1.54) is 54.6 Å². The molecule has 33 heavy (non-hydrogen) atoms. The monoisotopic (exact) mass is 452 g/mol. The van der Waals surface area contributed by atoms with Crippen molar-refractivity contribution in [2.75, 3.05) is 39.8 Å². The van der Waals surface area contributed by atoms with E-state index < -0.39 is 11.2 Å². The lowest BCUT2D eigenvalue weighted by Gasteiger charge is -2.38. The Morgan fingerprint density at radius 2 is 1.79 bits per heavy atom. The van der Waals surface area contributed by atoms with Crippen molar-refractivity contribution in [2.45, 2.75) is 38.3 Å². The molecule has 9 nitrogen and oxygen atoms in total. The molecule has 0 unspecified atom stereocenters. The fourth-order valence-corrected chi connectivity index (χ4v) is 5.21. The topological polar surface area (TPSA) is 87.9 Å². The van der Waals surface area contributed by atoms with Crippen LogP contribution in [0.3, 0.4) is 0 Å². The summed E-state index contributed by atoms with van der Waals surface area (Å²) in [5, 5.41) is 4.36. The van der Waals surface area contributed by atoms with Gasteiger partial charge in [-0.15, -0.1) is 0 Å². The molecule has 1 saturated carbocycles. The standard InChI is InChI=1S/C24H32N6O3/c1-33-20-4-2-18(3-5-20)16-27-10-12-28(13-11-27)17-19-6-9-30-21(14-19)22(15-25-30)29-8-7-23(31)26-24(29)32/h6-9,14-15,18,20H,2-5,10-13,16-17H2,1H3,(H,26,31,32). The van der Waals surface area contributed by atoms with E-state index in [1.54, 1.807) is 10.7 Å². The van der Waals surface area contributed by atoms with E-state index in [0.717, 1.165) is 44.2 Å². The van der Waals surface area contributed by atoms with E-state index in [0.29, 0.717) is 11.8 Å². The lowest BCUT2D eigenvalue weighted by molar-refractivity contribution is 0.0430. The number of rotatable bonds is 6. The summed E-state index contributed by atoms with van der Waals surface area (Å²) in [6, 6.07) is 5.51. The molecule has 2 fully saturated rings. The van der Waals surface area contributed by atoms with E-state index in [9.17, 15) is 9.59 Å². The summed E-state index contributed by atoms with van der Waals surface area (Å²) < 4.78 is 8.69. The number of aromatic nitrogens is 4. The molecule has 9 heteroatoms. The van der Waals surface area contributed by atoms with Gasteiger partial charge in [-0.1, -0.05) is 0 Å². The third-order valence-corrected chi connectivity index (χ3v) is 7.16. The first-order valence-corrected chi connectivity index (χ1v) is 11.8. The summed E-state index contributed by atoms with van der Waals surface area (Å²) in [7, 11) is 1.83. The Labute approximate surface area is 192 Å². The lowest BCUT2D eigenvalue weighted by atomic mass is 9.87. The molecule has 0 radical (unpaired) electrons. The molecule has 1 saturated heterocycles. The minimum absolute atomic E-state index is 0.407. The van der Waals surface area contributed by atoms with Gasteiger partial charge in [0.05, 0.1) is 23.5 Å². The molecular formula is C24H32N6O3. The highest BCUT2D eigenvalue weighted by Gasteiger charge is 2.25. The van der Waals surface area contributed by atoms with Crippen molar-refractivity contribution < 1.29 is 4.74 Å². The van der Waals surface area contributed by atoms with E-state index in [-0.39, 0.29) is 0 Å². The van der Waals surface area contributed by atoms with Gasteiger partial charge in [-0.3, -0.25) is 19.2 Å². The molecule has 4 heterocycles. The van der Waals surface area contributed by atoms with Crippen molar-refractivity contribution in [3.8, 4) is 5.69 Å². The van der Waals surface area contributed by atoms with Crippen LogP contribution in [0, 0.1) is 5.92 Å². The number of ether oxygens (including phenoxy) is 1. The summed E-state index contributed by atoms with van der Waals surface area (Å²) >= 11 is 0. The number of fused-ring (bicyclic) bond motifs is 1. The maximum absolute atomic E-state index is 12.2. The van der Waals surface area contributed by atoms with Crippen molar-refractivity contribution in [3.63, 3.8) is 0 Å². The second kappa shape index (κ2) is 9.62. The maximum atomic E-state index is 12.2. The van der Waals surface area contributed by atoms with Gasteiger partial charge in [-0.05, 0) is 49.3 Å². The predicted octanol–water partition coefficient (Wildman–Crippen LogP) is 1.50. The minimum atomic E-state index is -0.463. The average molecular weight is 453 g/mol. The first-order valence-electron chi connectivity index (χ1n) is 11.8. The summed E-state index contributed by atoms with van der Waals surface area (Å²) in [6.07, 6.45) is 10.5.